The van der Waals surface area contributed by atoms with Crippen molar-refractivity contribution in [2.75, 3.05) is 19.6 Å². The van der Waals surface area contributed by atoms with E-state index in [-0.39, 0.29) is 16.7 Å². The van der Waals surface area contributed by atoms with Gasteiger partial charge in [-0.1, -0.05) is 12.1 Å². The van der Waals surface area contributed by atoms with Gasteiger partial charge in [0.2, 0.25) is 0 Å². The number of hydrogen-bond acceptors (Lipinski definition) is 4. The summed E-state index contributed by atoms with van der Waals surface area (Å²) in [5.41, 5.74) is 1.14. The molecular weight excluding hydrogens is 242 g/mol. The summed E-state index contributed by atoms with van der Waals surface area (Å²) in [7, 11) is 0. The minimum Gasteiger partial charge on any atom is -0.317 e. The van der Waals surface area contributed by atoms with Crippen LogP contribution in [-0.4, -0.2) is 24.6 Å². The van der Waals surface area contributed by atoms with Crippen molar-refractivity contribution in [2.24, 2.45) is 5.92 Å². The molecule has 0 bridgehead atoms. The first-order chi connectivity index (χ1) is 9.16. The fourth-order valence-corrected chi connectivity index (χ4v) is 2.45. The Morgan fingerprint density at radius 1 is 1.47 bits per heavy atom. The predicted octanol–water partition coefficient (Wildman–Crippen LogP) is 2.25. The quantitative estimate of drug-likeness (QED) is 0.631. The number of rotatable bonds is 5. The van der Waals surface area contributed by atoms with Crippen LogP contribution in [0.5, 0.6) is 0 Å². The van der Waals surface area contributed by atoms with Crippen LogP contribution in [0.2, 0.25) is 0 Å². The second kappa shape index (κ2) is 6.63. The van der Waals surface area contributed by atoms with Gasteiger partial charge in [0.05, 0.1) is 4.92 Å². The lowest BCUT2D eigenvalue weighted by molar-refractivity contribution is -0.384. The number of nitro groups is 1. The Bertz CT molecular complexity index is 430. The van der Waals surface area contributed by atoms with Crippen LogP contribution >= 0.6 is 0 Å². The van der Waals surface area contributed by atoms with Crippen molar-refractivity contribution in [1.82, 2.24) is 10.6 Å². The number of nitro benzene ring substituents is 1. The molecule has 5 nitrogen and oxygen atoms in total. The molecule has 5 heteroatoms. The SMILES string of the molecule is CC(NCC1CCNCC1)c1cccc([N+](=O)[O-])c1. The zero-order chi connectivity index (χ0) is 13.7. The molecule has 1 atom stereocenters. The molecule has 1 fully saturated rings. The van der Waals surface area contributed by atoms with Gasteiger partial charge in [0.25, 0.3) is 5.69 Å². The summed E-state index contributed by atoms with van der Waals surface area (Å²) in [6.45, 7) is 5.22. The summed E-state index contributed by atoms with van der Waals surface area (Å²) >= 11 is 0. The highest BCUT2D eigenvalue weighted by Gasteiger charge is 2.15. The van der Waals surface area contributed by atoms with E-state index >= 15 is 0 Å². The number of non-ortho nitro benzene ring substituents is 1. The van der Waals surface area contributed by atoms with Gasteiger partial charge in [0.1, 0.15) is 0 Å². The normalized spacial score (nSPS) is 18.2. The van der Waals surface area contributed by atoms with E-state index in [1.807, 2.05) is 6.07 Å². The van der Waals surface area contributed by atoms with Gasteiger partial charge in [0.15, 0.2) is 0 Å². The molecule has 1 aliphatic heterocycles. The Morgan fingerprint density at radius 3 is 2.89 bits per heavy atom. The van der Waals surface area contributed by atoms with Crippen LogP contribution < -0.4 is 10.6 Å². The topological polar surface area (TPSA) is 67.2 Å². The van der Waals surface area contributed by atoms with Crippen molar-refractivity contribution in [3.63, 3.8) is 0 Å². The van der Waals surface area contributed by atoms with Crippen LogP contribution in [0, 0.1) is 16.0 Å². The fourth-order valence-electron chi connectivity index (χ4n) is 2.45. The summed E-state index contributed by atoms with van der Waals surface area (Å²) in [5.74, 6) is 0.711. The molecule has 1 heterocycles. The fraction of sp³-hybridized carbons (Fsp3) is 0.571. The van der Waals surface area contributed by atoms with Gasteiger partial charge >= 0.3 is 0 Å². The predicted molar refractivity (Wildman–Crippen MR) is 75.1 cm³/mol. The Kier molecular flexibility index (Phi) is 4.87. The molecule has 0 aliphatic carbocycles. The van der Waals surface area contributed by atoms with Gasteiger partial charge in [-0.05, 0) is 50.9 Å². The van der Waals surface area contributed by atoms with Crippen LogP contribution in [0.4, 0.5) is 5.69 Å². The van der Waals surface area contributed by atoms with Gasteiger partial charge in [-0.15, -0.1) is 0 Å². The van der Waals surface area contributed by atoms with Crippen molar-refractivity contribution in [1.29, 1.82) is 0 Å². The zero-order valence-corrected chi connectivity index (χ0v) is 11.3. The summed E-state index contributed by atoms with van der Waals surface area (Å²) in [6.07, 6.45) is 2.41. The molecule has 1 aromatic carbocycles. The molecule has 0 amide bonds. The van der Waals surface area contributed by atoms with E-state index in [1.165, 1.54) is 18.9 Å². The van der Waals surface area contributed by atoms with E-state index in [0.717, 1.165) is 25.2 Å². The van der Waals surface area contributed by atoms with Crippen molar-refractivity contribution in [2.45, 2.75) is 25.8 Å². The highest BCUT2D eigenvalue weighted by Crippen LogP contribution is 2.20. The third kappa shape index (κ3) is 4.01. The molecular formula is C14H21N3O2. The van der Waals surface area contributed by atoms with Crippen molar-refractivity contribution in [3.05, 3.63) is 39.9 Å². The van der Waals surface area contributed by atoms with Crippen molar-refractivity contribution >= 4 is 5.69 Å². The number of nitrogens with zero attached hydrogens (tertiary/aromatic N) is 1. The second-order valence-electron chi connectivity index (χ2n) is 5.18. The number of hydrogen-bond donors (Lipinski definition) is 2. The van der Waals surface area contributed by atoms with Gasteiger partial charge in [-0.2, -0.15) is 0 Å². The molecule has 1 unspecified atom stereocenters. The standard InChI is InChI=1S/C14H21N3O2/c1-11(16-10-12-5-7-15-8-6-12)13-3-2-4-14(9-13)17(18)19/h2-4,9,11-12,15-16H,5-8,10H2,1H3. The molecule has 2 rings (SSSR count). The third-order valence-electron chi connectivity index (χ3n) is 3.75. The van der Waals surface area contributed by atoms with E-state index in [4.69, 9.17) is 0 Å². The minimum atomic E-state index is -0.344. The Morgan fingerprint density at radius 2 is 2.21 bits per heavy atom. The summed E-state index contributed by atoms with van der Waals surface area (Å²) in [6, 6.07) is 7.02. The maximum absolute atomic E-state index is 10.8. The highest BCUT2D eigenvalue weighted by molar-refractivity contribution is 5.35. The average molecular weight is 263 g/mol. The third-order valence-corrected chi connectivity index (χ3v) is 3.75. The van der Waals surface area contributed by atoms with Crippen molar-refractivity contribution < 1.29 is 4.92 Å². The van der Waals surface area contributed by atoms with Crippen LogP contribution in [0.15, 0.2) is 24.3 Å². The maximum atomic E-state index is 10.8. The van der Waals surface area contributed by atoms with E-state index in [9.17, 15) is 10.1 Å². The molecule has 1 aromatic rings. The largest absolute Gasteiger partial charge is 0.317 e. The summed E-state index contributed by atoms with van der Waals surface area (Å²) in [4.78, 5) is 10.4. The number of nitrogens with one attached hydrogen (secondary N) is 2. The lowest BCUT2D eigenvalue weighted by atomic mass is 9.97. The molecule has 0 aromatic heterocycles. The van der Waals surface area contributed by atoms with E-state index in [1.54, 1.807) is 12.1 Å². The molecule has 0 spiro atoms. The van der Waals surface area contributed by atoms with Crippen LogP contribution in [0.1, 0.15) is 31.4 Å². The smallest absolute Gasteiger partial charge is 0.269 e. The zero-order valence-electron chi connectivity index (χ0n) is 11.3. The summed E-state index contributed by atoms with van der Waals surface area (Å²) < 4.78 is 0. The first-order valence-electron chi connectivity index (χ1n) is 6.85. The first kappa shape index (κ1) is 14.0. The van der Waals surface area contributed by atoms with Gasteiger partial charge in [0, 0.05) is 18.2 Å². The molecule has 0 radical (unpaired) electrons. The first-order valence-corrected chi connectivity index (χ1v) is 6.85. The van der Waals surface area contributed by atoms with Gasteiger partial charge in [-0.25, -0.2) is 0 Å². The highest BCUT2D eigenvalue weighted by atomic mass is 16.6. The lowest BCUT2D eigenvalue weighted by Gasteiger charge is -2.24. The van der Waals surface area contributed by atoms with E-state index in [2.05, 4.69) is 17.6 Å². The Labute approximate surface area is 113 Å². The lowest BCUT2D eigenvalue weighted by Crippen LogP contribution is -2.34. The van der Waals surface area contributed by atoms with E-state index < -0.39 is 0 Å². The number of piperidine rings is 1. The molecule has 19 heavy (non-hydrogen) atoms. The average Bonchev–Trinajstić information content (AvgIpc) is 2.46. The van der Waals surface area contributed by atoms with Crippen LogP contribution in [0.3, 0.4) is 0 Å². The van der Waals surface area contributed by atoms with Gasteiger partial charge in [-0.3, -0.25) is 10.1 Å². The van der Waals surface area contributed by atoms with E-state index in [0.29, 0.717) is 5.92 Å². The monoisotopic (exact) mass is 263 g/mol. The molecule has 104 valence electrons. The molecule has 1 aliphatic rings. The number of benzene rings is 1. The minimum absolute atomic E-state index is 0.148. The molecule has 0 saturated carbocycles. The Balaban J connectivity index is 1.89. The Hall–Kier alpha value is -1.46. The van der Waals surface area contributed by atoms with Gasteiger partial charge < -0.3 is 10.6 Å². The second-order valence-corrected chi connectivity index (χ2v) is 5.18. The maximum Gasteiger partial charge on any atom is 0.269 e. The van der Waals surface area contributed by atoms with Crippen LogP contribution in [-0.2, 0) is 0 Å². The van der Waals surface area contributed by atoms with Crippen LogP contribution in [0.25, 0.3) is 0 Å². The molecule has 1 saturated heterocycles. The van der Waals surface area contributed by atoms with Crippen molar-refractivity contribution in [3.8, 4) is 0 Å². The molecule has 2 N–H and O–H groups in total. The summed E-state index contributed by atoms with van der Waals surface area (Å²) in [5, 5.41) is 17.6.